The first kappa shape index (κ1) is 10.2. The second-order valence-electron chi connectivity index (χ2n) is 2.12. The average molecular weight is 180 g/mol. The van der Waals surface area contributed by atoms with Crippen molar-refractivity contribution in [2.45, 2.75) is 13.5 Å². The Labute approximate surface area is 70.8 Å². The molecule has 1 aromatic rings. The molecule has 11 heavy (non-hydrogen) atoms. The van der Waals surface area contributed by atoms with Gasteiger partial charge in [0.2, 0.25) is 0 Å². The fourth-order valence-electron chi connectivity index (χ4n) is 0.825. The van der Waals surface area contributed by atoms with Crippen LogP contribution in [0.5, 0.6) is 0 Å². The molecule has 0 aliphatic rings. The molecule has 0 aromatic carbocycles. The molecule has 0 aliphatic heterocycles. The Morgan fingerprint density at radius 2 is 2.36 bits per heavy atom. The summed E-state index contributed by atoms with van der Waals surface area (Å²) in [7, 11) is 0. The molecule has 1 heterocycles. The highest BCUT2D eigenvalue weighted by Gasteiger charge is 1.98. The van der Waals surface area contributed by atoms with Crippen LogP contribution >= 0.6 is 12.4 Å². The van der Waals surface area contributed by atoms with E-state index in [4.69, 9.17) is 5.73 Å². The number of hydrogen-bond donors (Lipinski definition) is 1. The monoisotopic (exact) mass is 179 g/mol. The summed E-state index contributed by atoms with van der Waals surface area (Å²) in [6.07, 6.45) is 0. The lowest BCUT2D eigenvalue weighted by atomic mass is 10.5. The van der Waals surface area contributed by atoms with E-state index >= 15 is 0 Å². The Morgan fingerprint density at radius 1 is 1.73 bits per heavy atom. The summed E-state index contributed by atoms with van der Waals surface area (Å²) < 4.78 is 13.2. The van der Waals surface area contributed by atoms with Gasteiger partial charge < -0.3 is 5.73 Å². The largest absolute Gasteiger partial charge is 0.384 e. The molecular formula is C6H11ClFN3. The van der Waals surface area contributed by atoms with Crippen LogP contribution in [0.15, 0.2) is 6.07 Å². The topological polar surface area (TPSA) is 43.8 Å². The van der Waals surface area contributed by atoms with Crippen molar-refractivity contribution >= 4 is 18.2 Å². The lowest BCUT2D eigenvalue weighted by molar-refractivity contribution is 0.429. The van der Waals surface area contributed by atoms with E-state index in [9.17, 15) is 4.39 Å². The van der Waals surface area contributed by atoms with E-state index in [-0.39, 0.29) is 19.0 Å². The molecule has 0 aliphatic carbocycles. The number of rotatable bonds is 2. The number of aryl methyl sites for hydroxylation is 2. The van der Waals surface area contributed by atoms with Gasteiger partial charge in [-0.25, -0.2) is 9.07 Å². The molecule has 1 rings (SSSR count). The molecule has 0 bridgehead atoms. The molecule has 0 unspecified atom stereocenters. The maximum absolute atomic E-state index is 11.8. The number of nitrogens with two attached hydrogens (primary N) is 1. The van der Waals surface area contributed by atoms with Crippen molar-refractivity contribution in [3.05, 3.63) is 11.8 Å². The lowest BCUT2D eigenvalue weighted by Crippen LogP contribution is -2.05. The van der Waals surface area contributed by atoms with Crippen molar-refractivity contribution in [3.63, 3.8) is 0 Å². The summed E-state index contributed by atoms with van der Waals surface area (Å²) in [5, 5.41) is 3.95. The maximum Gasteiger partial charge on any atom is 0.122 e. The molecule has 0 atom stereocenters. The van der Waals surface area contributed by atoms with Gasteiger partial charge in [-0.05, 0) is 6.92 Å². The van der Waals surface area contributed by atoms with Gasteiger partial charge in [0.15, 0.2) is 0 Å². The van der Waals surface area contributed by atoms with Gasteiger partial charge in [-0.15, -0.1) is 12.4 Å². The number of aromatic nitrogens is 2. The van der Waals surface area contributed by atoms with E-state index in [1.807, 2.05) is 6.92 Å². The highest BCUT2D eigenvalue weighted by molar-refractivity contribution is 5.85. The smallest absolute Gasteiger partial charge is 0.122 e. The molecule has 0 radical (unpaired) electrons. The van der Waals surface area contributed by atoms with Crippen LogP contribution in [0.3, 0.4) is 0 Å². The maximum atomic E-state index is 11.8. The van der Waals surface area contributed by atoms with E-state index in [0.29, 0.717) is 5.82 Å². The Balaban J connectivity index is 0.000001000. The van der Waals surface area contributed by atoms with Gasteiger partial charge in [-0.1, -0.05) is 0 Å². The number of nitrogens with zero attached hydrogens (tertiary/aromatic N) is 2. The highest BCUT2D eigenvalue weighted by Crippen LogP contribution is 2.03. The predicted molar refractivity (Wildman–Crippen MR) is 44.6 cm³/mol. The minimum Gasteiger partial charge on any atom is -0.384 e. The first-order valence-corrected chi connectivity index (χ1v) is 3.10. The summed E-state index contributed by atoms with van der Waals surface area (Å²) in [5.41, 5.74) is 6.29. The first-order valence-electron chi connectivity index (χ1n) is 3.10. The van der Waals surface area contributed by atoms with Crippen molar-refractivity contribution in [3.8, 4) is 0 Å². The predicted octanol–water partition coefficient (Wildman–Crippen LogP) is 1.17. The van der Waals surface area contributed by atoms with E-state index in [2.05, 4.69) is 5.10 Å². The van der Waals surface area contributed by atoms with Gasteiger partial charge in [-0.3, -0.25) is 0 Å². The zero-order valence-corrected chi connectivity index (χ0v) is 7.07. The third-order valence-corrected chi connectivity index (χ3v) is 1.23. The molecule has 0 amide bonds. The Hall–Kier alpha value is -0.770. The Morgan fingerprint density at radius 3 is 2.73 bits per heavy atom. The van der Waals surface area contributed by atoms with Gasteiger partial charge in [0.05, 0.1) is 12.2 Å². The molecule has 0 saturated heterocycles. The van der Waals surface area contributed by atoms with E-state index in [1.165, 1.54) is 4.68 Å². The van der Waals surface area contributed by atoms with Crippen LogP contribution in [0, 0.1) is 6.92 Å². The summed E-state index contributed by atoms with van der Waals surface area (Å²) in [6.45, 7) is 1.65. The molecule has 3 nitrogen and oxygen atoms in total. The third-order valence-electron chi connectivity index (χ3n) is 1.23. The number of anilines is 1. The van der Waals surface area contributed by atoms with Crippen molar-refractivity contribution in [2.75, 3.05) is 12.4 Å². The summed E-state index contributed by atoms with van der Waals surface area (Å²) in [5.74, 6) is 0.523. The van der Waals surface area contributed by atoms with Crippen LogP contribution < -0.4 is 5.73 Å². The van der Waals surface area contributed by atoms with Gasteiger partial charge in [0, 0.05) is 6.07 Å². The molecular weight excluding hydrogens is 169 g/mol. The zero-order valence-electron chi connectivity index (χ0n) is 6.25. The zero-order chi connectivity index (χ0) is 7.56. The average Bonchev–Trinajstić information content (AvgIpc) is 2.13. The molecule has 5 heteroatoms. The second-order valence-corrected chi connectivity index (χ2v) is 2.12. The Bertz CT molecular complexity index is 224. The molecule has 1 aromatic heterocycles. The minimum atomic E-state index is -0.425. The fourth-order valence-corrected chi connectivity index (χ4v) is 0.825. The van der Waals surface area contributed by atoms with Crippen LogP contribution in [-0.2, 0) is 6.54 Å². The SMILES string of the molecule is Cc1cc(N)n(CCF)n1.Cl. The minimum absolute atomic E-state index is 0. The standard InChI is InChI=1S/C6H10FN3.ClH/c1-5-4-6(8)10(9-5)3-2-7;/h4H,2-3,8H2,1H3;1H. The number of alkyl halides is 1. The number of hydrogen-bond acceptors (Lipinski definition) is 2. The second kappa shape index (κ2) is 4.18. The van der Waals surface area contributed by atoms with Crippen molar-refractivity contribution in [1.82, 2.24) is 9.78 Å². The number of halogens is 2. The third kappa shape index (κ3) is 2.38. The summed E-state index contributed by atoms with van der Waals surface area (Å²) >= 11 is 0. The van der Waals surface area contributed by atoms with Crippen molar-refractivity contribution in [2.24, 2.45) is 0 Å². The molecule has 0 spiro atoms. The van der Waals surface area contributed by atoms with E-state index < -0.39 is 6.67 Å². The number of nitrogen functional groups attached to an aromatic ring is 1. The molecule has 0 saturated carbocycles. The van der Waals surface area contributed by atoms with E-state index in [0.717, 1.165) is 5.69 Å². The van der Waals surface area contributed by atoms with Gasteiger partial charge in [-0.2, -0.15) is 5.10 Å². The fraction of sp³-hybridized carbons (Fsp3) is 0.500. The van der Waals surface area contributed by atoms with E-state index in [1.54, 1.807) is 6.07 Å². The van der Waals surface area contributed by atoms with Crippen LogP contribution in [0.25, 0.3) is 0 Å². The van der Waals surface area contributed by atoms with Crippen LogP contribution in [0.2, 0.25) is 0 Å². The Kier molecular flexibility index (Phi) is 3.89. The van der Waals surface area contributed by atoms with Crippen LogP contribution in [0.1, 0.15) is 5.69 Å². The lowest BCUT2D eigenvalue weighted by Gasteiger charge is -1.97. The van der Waals surface area contributed by atoms with Crippen molar-refractivity contribution in [1.29, 1.82) is 0 Å². The molecule has 2 N–H and O–H groups in total. The quantitative estimate of drug-likeness (QED) is 0.741. The molecule has 0 fully saturated rings. The van der Waals surface area contributed by atoms with Crippen molar-refractivity contribution < 1.29 is 4.39 Å². The molecule has 64 valence electrons. The highest BCUT2D eigenvalue weighted by atomic mass is 35.5. The van der Waals surface area contributed by atoms with Gasteiger partial charge >= 0.3 is 0 Å². The van der Waals surface area contributed by atoms with Gasteiger partial charge in [0.1, 0.15) is 12.5 Å². The normalized spacial score (nSPS) is 9.27. The van der Waals surface area contributed by atoms with Crippen LogP contribution in [-0.4, -0.2) is 16.5 Å². The summed E-state index contributed by atoms with van der Waals surface area (Å²) in [6, 6.07) is 1.72. The van der Waals surface area contributed by atoms with Gasteiger partial charge in [0.25, 0.3) is 0 Å². The van der Waals surface area contributed by atoms with Crippen LogP contribution in [0.4, 0.5) is 10.2 Å². The summed E-state index contributed by atoms with van der Waals surface area (Å²) in [4.78, 5) is 0. The first-order chi connectivity index (χ1) is 4.74.